The van der Waals surface area contributed by atoms with Gasteiger partial charge in [0.1, 0.15) is 0 Å². The van der Waals surface area contributed by atoms with Crippen molar-refractivity contribution >= 4 is 29.3 Å². The Morgan fingerprint density at radius 3 is 2.41 bits per heavy atom. The molecule has 0 amide bonds. The molecular formula is C23H27Cl2NO. The third-order valence-electron chi connectivity index (χ3n) is 5.87. The molecule has 0 heterocycles. The summed E-state index contributed by atoms with van der Waals surface area (Å²) < 4.78 is 0. The maximum atomic E-state index is 12.0. The van der Waals surface area contributed by atoms with Crippen LogP contribution in [-0.4, -0.2) is 17.3 Å². The second-order valence-electron chi connectivity index (χ2n) is 8.16. The SMILES string of the molecule is CC1(C)CCC(CN)C(O)(Cc2ccccc2Cl)C1=Cc1ccc(Cl)cc1. The van der Waals surface area contributed by atoms with Gasteiger partial charge in [-0.15, -0.1) is 0 Å². The Kier molecular flexibility index (Phi) is 6.02. The molecule has 2 unspecified atom stereocenters. The number of halogens is 2. The number of rotatable bonds is 4. The lowest BCUT2D eigenvalue weighted by Crippen LogP contribution is -2.52. The van der Waals surface area contributed by atoms with Crippen LogP contribution in [-0.2, 0) is 6.42 Å². The molecule has 4 heteroatoms. The van der Waals surface area contributed by atoms with E-state index in [4.69, 9.17) is 28.9 Å². The van der Waals surface area contributed by atoms with E-state index < -0.39 is 5.60 Å². The van der Waals surface area contributed by atoms with Gasteiger partial charge in [-0.05, 0) is 59.7 Å². The smallest absolute Gasteiger partial charge is 0.0945 e. The van der Waals surface area contributed by atoms with Crippen molar-refractivity contribution in [2.75, 3.05) is 6.54 Å². The number of hydrogen-bond donors (Lipinski definition) is 2. The molecule has 0 radical (unpaired) electrons. The first-order chi connectivity index (χ1) is 12.8. The van der Waals surface area contributed by atoms with Crippen molar-refractivity contribution in [2.24, 2.45) is 17.1 Å². The van der Waals surface area contributed by atoms with Gasteiger partial charge in [0.15, 0.2) is 0 Å². The zero-order chi connectivity index (χ0) is 19.7. The molecule has 3 rings (SSSR count). The van der Waals surface area contributed by atoms with E-state index in [0.29, 0.717) is 23.0 Å². The number of hydrogen-bond acceptors (Lipinski definition) is 2. The van der Waals surface area contributed by atoms with Crippen LogP contribution >= 0.6 is 23.2 Å². The van der Waals surface area contributed by atoms with Crippen LogP contribution in [0.1, 0.15) is 37.8 Å². The first-order valence-electron chi connectivity index (χ1n) is 9.40. The molecule has 1 fully saturated rings. The fourth-order valence-corrected chi connectivity index (χ4v) is 4.57. The van der Waals surface area contributed by atoms with E-state index in [1.54, 1.807) is 0 Å². The minimum atomic E-state index is -1.04. The van der Waals surface area contributed by atoms with E-state index >= 15 is 0 Å². The molecule has 0 bridgehead atoms. The van der Waals surface area contributed by atoms with Crippen molar-refractivity contribution in [1.29, 1.82) is 0 Å². The molecule has 3 N–H and O–H groups in total. The van der Waals surface area contributed by atoms with Gasteiger partial charge >= 0.3 is 0 Å². The second-order valence-corrected chi connectivity index (χ2v) is 9.00. The monoisotopic (exact) mass is 403 g/mol. The molecule has 0 spiro atoms. The van der Waals surface area contributed by atoms with Crippen LogP contribution in [0.5, 0.6) is 0 Å². The maximum Gasteiger partial charge on any atom is 0.0945 e. The summed E-state index contributed by atoms with van der Waals surface area (Å²) in [5.74, 6) is -0.0136. The lowest BCUT2D eigenvalue weighted by Gasteiger charge is -2.50. The van der Waals surface area contributed by atoms with E-state index in [1.165, 1.54) is 0 Å². The second kappa shape index (κ2) is 7.97. The van der Waals surface area contributed by atoms with Gasteiger partial charge in [0.25, 0.3) is 0 Å². The molecule has 0 aliphatic heterocycles. The van der Waals surface area contributed by atoms with Gasteiger partial charge in [-0.25, -0.2) is 0 Å². The van der Waals surface area contributed by atoms with Gasteiger partial charge in [-0.2, -0.15) is 0 Å². The summed E-state index contributed by atoms with van der Waals surface area (Å²) in [5.41, 5.74) is 7.90. The van der Waals surface area contributed by atoms with Crippen LogP contribution < -0.4 is 5.73 Å². The highest BCUT2D eigenvalue weighted by Gasteiger charge is 2.49. The third kappa shape index (κ3) is 4.25. The van der Waals surface area contributed by atoms with Crippen LogP contribution in [0.15, 0.2) is 54.1 Å². The molecule has 1 saturated carbocycles. The van der Waals surface area contributed by atoms with E-state index in [1.807, 2.05) is 48.5 Å². The number of nitrogens with two attached hydrogens (primary N) is 1. The fourth-order valence-electron chi connectivity index (χ4n) is 4.24. The Hall–Kier alpha value is -1.32. The maximum absolute atomic E-state index is 12.0. The molecule has 0 saturated heterocycles. The van der Waals surface area contributed by atoms with Crippen molar-refractivity contribution in [3.8, 4) is 0 Å². The van der Waals surface area contributed by atoms with Gasteiger partial charge in [-0.1, -0.05) is 73.5 Å². The van der Waals surface area contributed by atoms with Crippen LogP contribution in [0.3, 0.4) is 0 Å². The Morgan fingerprint density at radius 2 is 1.78 bits per heavy atom. The Morgan fingerprint density at radius 1 is 1.11 bits per heavy atom. The molecule has 1 aliphatic carbocycles. The topological polar surface area (TPSA) is 46.2 Å². The first-order valence-corrected chi connectivity index (χ1v) is 10.2. The van der Waals surface area contributed by atoms with Gasteiger partial charge in [0, 0.05) is 22.4 Å². The van der Waals surface area contributed by atoms with Crippen molar-refractivity contribution in [3.05, 3.63) is 75.3 Å². The van der Waals surface area contributed by atoms with Crippen molar-refractivity contribution in [3.63, 3.8) is 0 Å². The highest BCUT2D eigenvalue weighted by Crippen LogP contribution is 2.50. The molecule has 2 atom stereocenters. The molecule has 1 aliphatic rings. The lowest BCUT2D eigenvalue weighted by molar-refractivity contribution is -0.0245. The molecule has 27 heavy (non-hydrogen) atoms. The molecule has 0 aromatic heterocycles. The van der Waals surface area contributed by atoms with E-state index in [9.17, 15) is 5.11 Å². The zero-order valence-electron chi connectivity index (χ0n) is 15.9. The Balaban J connectivity index is 2.11. The fraction of sp³-hybridized carbons (Fsp3) is 0.391. The summed E-state index contributed by atoms with van der Waals surface area (Å²) in [6, 6.07) is 15.4. The van der Waals surface area contributed by atoms with Crippen LogP contribution in [0.25, 0.3) is 6.08 Å². The van der Waals surface area contributed by atoms with Gasteiger partial charge in [-0.3, -0.25) is 0 Å². The van der Waals surface area contributed by atoms with Crippen LogP contribution in [0.2, 0.25) is 10.0 Å². The van der Waals surface area contributed by atoms with Crippen molar-refractivity contribution in [1.82, 2.24) is 0 Å². The van der Waals surface area contributed by atoms with Gasteiger partial charge < -0.3 is 10.8 Å². The molecule has 2 nitrogen and oxygen atoms in total. The number of benzene rings is 2. The van der Waals surface area contributed by atoms with Crippen LogP contribution in [0, 0.1) is 11.3 Å². The zero-order valence-corrected chi connectivity index (χ0v) is 17.4. The Bertz CT molecular complexity index is 829. The summed E-state index contributed by atoms with van der Waals surface area (Å²) in [5, 5.41) is 13.4. The van der Waals surface area contributed by atoms with Crippen LogP contribution in [0.4, 0.5) is 0 Å². The first kappa shape index (κ1) is 20.4. The summed E-state index contributed by atoms with van der Waals surface area (Å²) in [6.45, 7) is 4.83. The molecule has 2 aromatic carbocycles. The van der Waals surface area contributed by atoms with Crippen molar-refractivity contribution in [2.45, 2.75) is 38.7 Å². The summed E-state index contributed by atoms with van der Waals surface area (Å²) >= 11 is 12.5. The predicted octanol–water partition coefficient (Wildman–Crippen LogP) is 5.75. The highest BCUT2D eigenvalue weighted by atomic mass is 35.5. The largest absolute Gasteiger partial charge is 0.385 e. The van der Waals surface area contributed by atoms with Gasteiger partial charge in [0.05, 0.1) is 5.60 Å². The quantitative estimate of drug-likeness (QED) is 0.682. The van der Waals surface area contributed by atoms with E-state index in [0.717, 1.165) is 29.5 Å². The normalized spacial score (nSPS) is 26.3. The lowest BCUT2D eigenvalue weighted by atomic mass is 9.59. The van der Waals surface area contributed by atoms with E-state index in [2.05, 4.69) is 19.9 Å². The number of aliphatic hydroxyl groups is 1. The third-order valence-corrected chi connectivity index (χ3v) is 6.49. The standard InChI is InChI=1S/C23H27Cl2NO/c1-22(2)12-11-18(15-26)23(27,14-17-5-3-4-6-20(17)25)21(22)13-16-7-9-19(24)10-8-16/h3-10,13,18,27H,11-12,14-15,26H2,1-2H3. The summed E-state index contributed by atoms with van der Waals surface area (Å²) in [6.07, 6.45) is 4.44. The average molecular weight is 404 g/mol. The minimum absolute atomic E-state index is 0.0136. The van der Waals surface area contributed by atoms with Gasteiger partial charge in [0.2, 0.25) is 0 Å². The summed E-state index contributed by atoms with van der Waals surface area (Å²) in [7, 11) is 0. The predicted molar refractivity (Wildman–Crippen MR) is 115 cm³/mol. The molecule has 2 aromatic rings. The summed E-state index contributed by atoms with van der Waals surface area (Å²) in [4.78, 5) is 0. The highest BCUT2D eigenvalue weighted by molar-refractivity contribution is 6.31. The van der Waals surface area contributed by atoms with E-state index in [-0.39, 0.29) is 11.3 Å². The molecular weight excluding hydrogens is 377 g/mol. The average Bonchev–Trinajstić information content (AvgIpc) is 2.62. The minimum Gasteiger partial charge on any atom is -0.385 e. The molecule has 144 valence electrons. The Labute approximate surface area is 172 Å². The van der Waals surface area contributed by atoms with Crippen molar-refractivity contribution < 1.29 is 5.11 Å².